The highest BCUT2D eigenvalue weighted by molar-refractivity contribution is 5.69. The standard InChI is InChI=1S/C10H12O4/c11-9(12)7-5-3-1-2-4-6-8-10(13)14/h1-6H,7-8H2,(H,11,12)(H,13,14). The molecule has 0 bridgehead atoms. The van der Waals surface area contributed by atoms with Gasteiger partial charge in [0.15, 0.2) is 0 Å². The van der Waals surface area contributed by atoms with E-state index in [4.69, 9.17) is 10.2 Å². The minimum Gasteiger partial charge on any atom is -0.481 e. The second kappa shape index (κ2) is 7.79. The van der Waals surface area contributed by atoms with Crippen molar-refractivity contribution < 1.29 is 19.8 Å². The van der Waals surface area contributed by atoms with Crippen LogP contribution >= 0.6 is 0 Å². The van der Waals surface area contributed by atoms with E-state index in [-0.39, 0.29) is 12.8 Å². The van der Waals surface area contributed by atoms with Gasteiger partial charge in [-0.3, -0.25) is 9.59 Å². The summed E-state index contributed by atoms with van der Waals surface area (Å²) in [6.07, 6.45) is 9.46. The first-order valence-electron chi connectivity index (χ1n) is 4.05. The molecule has 4 heteroatoms. The Kier molecular flexibility index (Phi) is 6.77. The molecular weight excluding hydrogens is 184 g/mol. The quantitative estimate of drug-likeness (QED) is 0.633. The minimum absolute atomic E-state index is 0.0107. The highest BCUT2D eigenvalue weighted by Crippen LogP contribution is 1.87. The first-order chi connectivity index (χ1) is 6.63. The van der Waals surface area contributed by atoms with Crippen molar-refractivity contribution in [3.05, 3.63) is 36.5 Å². The Morgan fingerprint density at radius 3 is 1.43 bits per heavy atom. The minimum atomic E-state index is -0.879. The van der Waals surface area contributed by atoms with Crippen LogP contribution in [0.15, 0.2) is 36.5 Å². The van der Waals surface area contributed by atoms with Crippen LogP contribution in [0, 0.1) is 0 Å². The maximum Gasteiger partial charge on any atom is 0.307 e. The summed E-state index contributed by atoms with van der Waals surface area (Å²) in [4.78, 5) is 20.1. The van der Waals surface area contributed by atoms with Gasteiger partial charge in [-0.05, 0) is 0 Å². The van der Waals surface area contributed by atoms with Crippen LogP contribution in [0.4, 0.5) is 0 Å². The SMILES string of the molecule is O=C(O)CC=CC=CC=CCC(=O)O. The summed E-state index contributed by atoms with van der Waals surface area (Å²) in [5, 5.41) is 16.5. The fourth-order valence-electron chi connectivity index (χ4n) is 0.623. The number of carboxylic acids is 2. The van der Waals surface area contributed by atoms with Gasteiger partial charge in [0.1, 0.15) is 0 Å². The molecule has 0 aliphatic rings. The molecule has 2 N–H and O–H groups in total. The van der Waals surface area contributed by atoms with E-state index < -0.39 is 11.9 Å². The summed E-state index contributed by atoms with van der Waals surface area (Å²) in [5.74, 6) is -1.76. The van der Waals surface area contributed by atoms with Crippen LogP contribution in [0.3, 0.4) is 0 Å². The van der Waals surface area contributed by atoms with Crippen molar-refractivity contribution in [2.45, 2.75) is 12.8 Å². The first-order valence-corrected chi connectivity index (χ1v) is 4.05. The Bertz CT molecular complexity index is 246. The van der Waals surface area contributed by atoms with E-state index in [0.29, 0.717) is 0 Å². The number of rotatable bonds is 6. The number of allylic oxidation sites excluding steroid dienone is 4. The normalized spacial score (nSPS) is 11.7. The van der Waals surface area contributed by atoms with Crippen molar-refractivity contribution in [1.82, 2.24) is 0 Å². The van der Waals surface area contributed by atoms with E-state index in [1.165, 1.54) is 12.2 Å². The van der Waals surface area contributed by atoms with Crippen LogP contribution in [0.1, 0.15) is 12.8 Å². The zero-order chi connectivity index (χ0) is 10.8. The molecule has 0 aliphatic heterocycles. The van der Waals surface area contributed by atoms with Crippen molar-refractivity contribution in [2.75, 3.05) is 0 Å². The fraction of sp³-hybridized carbons (Fsp3) is 0.200. The molecule has 0 saturated heterocycles. The molecule has 0 aromatic carbocycles. The van der Waals surface area contributed by atoms with Crippen LogP contribution in [0.25, 0.3) is 0 Å². The number of hydrogen-bond donors (Lipinski definition) is 2. The summed E-state index contributed by atoms with van der Waals surface area (Å²) >= 11 is 0. The third kappa shape index (κ3) is 10.2. The molecule has 0 unspecified atom stereocenters. The molecule has 0 rings (SSSR count). The predicted octanol–water partition coefficient (Wildman–Crippen LogP) is 1.60. The van der Waals surface area contributed by atoms with Gasteiger partial charge >= 0.3 is 11.9 Å². The average molecular weight is 196 g/mol. The van der Waals surface area contributed by atoms with Gasteiger partial charge in [0.25, 0.3) is 0 Å². The van der Waals surface area contributed by atoms with Gasteiger partial charge in [0.05, 0.1) is 12.8 Å². The fourth-order valence-corrected chi connectivity index (χ4v) is 0.623. The second-order valence-corrected chi connectivity index (χ2v) is 2.44. The van der Waals surface area contributed by atoms with Crippen LogP contribution < -0.4 is 0 Å². The third-order valence-electron chi connectivity index (χ3n) is 1.19. The van der Waals surface area contributed by atoms with Crippen LogP contribution in [-0.2, 0) is 9.59 Å². The topological polar surface area (TPSA) is 74.6 Å². The van der Waals surface area contributed by atoms with Gasteiger partial charge in [-0.15, -0.1) is 0 Å². The number of hydrogen-bond acceptors (Lipinski definition) is 2. The maximum atomic E-state index is 10.1. The van der Waals surface area contributed by atoms with Crippen molar-refractivity contribution in [1.29, 1.82) is 0 Å². The highest BCUT2D eigenvalue weighted by atomic mass is 16.4. The summed E-state index contributed by atoms with van der Waals surface area (Å²) in [6, 6.07) is 0. The van der Waals surface area contributed by atoms with Crippen molar-refractivity contribution in [2.24, 2.45) is 0 Å². The molecule has 0 heterocycles. The molecule has 0 atom stereocenters. The predicted molar refractivity (Wildman–Crippen MR) is 51.9 cm³/mol. The monoisotopic (exact) mass is 196 g/mol. The Morgan fingerprint density at radius 1 is 0.786 bits per heavy atom. The average Bonchev–Trinajstić information content (AvgIpc) is 2.08. The lowest BCUT2D eigenvalue weighted by Crippen LogP contribution is -1.89. The molecule has 0 fully saturated rings. The van der Waals surface area contributed by atoms with E-state index in [1.807, 2.05) is 0 Å². The zero-order valence-corrected chi connectivity index (χ0v) is 7.59. The molecule has 0 aliphatic carbocycles. The van der Waals surface area contributed by atoms with E-state index in [1.54, 1.807) is 24.3 Å². The highest BCUT2D eigenvalue weighted by Gasteiger charge is 1.87. The van der Waals surface area contributed by atoms with Crippen LogP contribution in [0.2, 0.25) is 0 Å². The molecule has 0 aromatic rings. The number of carboxylic acid groups (broad SMARTS) is 2. The van der Waals surface area contributed by atoms with Crippen molar-refractivity contribution >= 4 is 11.9 Å². The Balaban J connectivity index is 3.63. The largest absolute Gasteiger partial charge is 0.481 e. The summed E-state index contributed by atoms with van der Waals surface area (Å²) < 4.78 is 0. The number of carbonyl (C=O) groups is 2. The lowest BCUT2D eigenvalue weighted by molar-refractivity contribution is -0.137. The molecule has 0 amide bonds. The lowest BCUT2D eigenvalue weighted by Gasteiger charge is -1.81. The molecule has 4 nitrogen and oxygen atoms in total. The molecule has 14 heavy (non-hydrogen) atoms. The molecule has 0 aromatic heterocycles. The maximum absolute atomic E-state index is 10.1. The smallest absolute Gasteiger partial charge is 0.307 e. The van der Waals surface area contributed by atoms with Crippen LogP contribution in [-0.4, -0.2) is 22.2 Å². The van der Waals surface area contributed by atoms with Gasteiger partial charge in [0, 0.05) is 0 Å². The Labute approximate surface area is 81.9 Å². The van der Waals surface area contributed by atoms with Gasteiger partial charge < -0.3 is 10.2 Å². The lowest BCUT2D eigenvalue weighted by atomic mass is 10.3. The van der Waals surface area contributed by atoms with Crippen LogP contribution in [0.5, 0.6) is 0 Å². The molecule has 0 spiro atoms. The van der Waals surface area contributed by atoms with Gasteiger partial charge in [0.2, 0.25) is 0 Å². The second-order valence-electron chi connectivity index (χ2n) is 2.44. The third-order valence-corrected chi connectivity index (χ3v) is 1.19. The van der Waals surface area contributed by atoms with E-state index in [9.17, 15) is 9.59 Å². The molecule has 0 radical (unpaired) electrons. The molecule has 76 valence electrons. The van der Waals surface area contributed by atoms with E-state index in [0.717, 1.165) is 0 Å². The first kappa shape index (κ1) is 12.2. The van der Waals surface area contributed by atoms with E-state index >= 15 is 0 Å². The molecular formula is C10H12O4. The Morgan fingerprint density at radius 2 is 1.14 bits per heavy atom. The van der Waals surface area contributed by atoms with E-state index in [2.05, 4.69) is 0 Å². The molecule has 0 saturated carbocycles. The number of aliphatic carboxylic acids is 2. The Hall–Kier alpha value is -1.84. The zero-order valence-electron chi connectivity index (χ0n) is 7.59. The van der Waals surface area contributed by atoms with Crippen molar-refractivity contribution in [3.63, 3.8) is 0 Å². The summed E-state index contributed by atoms with van der Waals surface area (Å²) in [6.45, 7) is 0. The van der Waals surface area contributed by atoms with Gasteiger partial charge in [-0.25, -0.2) is 0 Å². The summed E-state index contributed by atoms with van der Waals surface area (Å²) in [7, 11) is 0. The van der Waals surface area contributed by atoms with Gasteiger partial charge in [-0.2, -0.15) is 0 Å². The summed E-state index contributed by atoms with van der Waals surface area (Å²) in [5.41, 5.74) is 0. The van der Waals surface area contributed by atoms with Gasteiger partial charge in [-0.1, -0.05) is 36.5 Å². The van der Waals surface area contributed by atoms with Crippen molar-refractivity contribution in [3.8, 4) is 0 Å².